The molecule has 1 aliphatic carbocycles. The van der Waals surface area contributed by atoms with Crippen molar-refractivity contribution in [2.75, 3.05) is 33.8 Å². The van der Waals surface area contributed by atoms with Gasteiger partial charge in [0.25, 0.3) is 0 Å². The van der Waals surface area contributed by atoms with Crippen LogP contribution in [0.4, 0.5) is 4.79 Å². The van der Waals surface area contributed by atoms with Gasteiger partial charge in [-0.05, 0) is 49.7 Å². The number of amides is 2. The molecule has 2 atom stereocenters. The molecular weight excluding hydrogens is 434 g/mol. The number of hydrogen-bond acceptors (Lipinski definition) is 5. The van der Waals surface area contributed by atoms with E-state index in [-0.39, 0.29) is 25.6 Å². The normalized spacial score (nSPS) is 15.1. The molecule has 2 aromatic rings. The summed E-state index contributed by atoms with van der Waals surface area (Å²) in [6, 6.07) is 15.1. The molecule has 0 saturated carbocycles. The Hall–Kier alpha value is -3.39. The van der Waals surface area contributed by atoms with Gasteiger partial charge in [0.15, 0.2) is 0 Å². The lowest BCUT2D eigenvalue weighted by Crippen LogP contribution is -2.54. The molecule has 2 amide bonds. The fourth-order valence-electron chi connectivity index (χ4n) is 4.17. The molecule has 34 heavy (non-hydrogen) atoms. The smallest absolute Gasteiger partial charge is 0.407 e. The molecule has 0 spiro atoms. The molecule has 0 aliphatic heterocycles. The zero-order valence-corrected chi connectivity index (χ0v) is 20.1. The van der Waals surface area contributed by atoms with Crippen LogP contribution in [0.1, 0.15) is 37.3 Å². The third kappa shape index (κ3) is 5.56. The van der Waals surface area contributed by atoms with Crippen molar-refractivity contribution in [2.45, 2.75) is 32.2 Å². The largest absolute Gasteiger partial charge is 0.480 e. The van der Waals surface area contributed by atoms with Crippen LogP contribution in [-0.2, 0) is 14.3 Å². The summed E-state index contributed by atoms with van der Waals surface area (Å²) in [7, 11) is 3.47. The van der Waals surface area contributed by atoms with E-state index >= 15 is 0 Å². The second-order valence-corrected chi connectivity index (χ2v) is 9.22. The van der Waals surface area contributed by atoms with Gasteiger partial charge in [0.2, 0.25) is 5.91 Å². The molecule has 0 aromatic heterocycles. The molecular formula is C26H33N3O5. The fourth-order valence-corrected chi connectivity index (χ4v) is 4.17. The quantitative estimate of drug-likeness (QED) is 0.496. The number of benzene rings is 2. The number of carbonyl (C=O) groups excluding carboxylic acids is 2. The lowest BCUT2D eigenvalue weighted by Gasteiger charge is -2.29. The highest BCUT2D eigenvalue weighted by Gasteiger charge is 2.35. The molecule has 182 valence electrons. The number of nitrogens with one attached hydrogen (secondary N) is 2. The van der Waals surface area contributed by atoms with Gasteiger partial charge in [-0.2, -0.15) is 0 Å². The van der Waals surface area contributed by atoms with E-state index in [1.807, 2.05) is 43.3 Å². The topological polar surface area (TPSA) is 108 Å². The van der Waals surface area contributed by atoms with Gasteiger partial charge in [-0.15, -0.1) is 0 Å². The number of nitrogens with zero attached hydrogens (tertiary/aromatic N) is 1. The van der Waals surface area contributed by atoms with Crippen molar-refractivity contribution < 1.29 is 24.2 Å². The second-order valence-electron chi connectivity index (χ2n) is 9.22. The predicted molar refractivity (Wildman–Crippen MR) is 130 cm³/mol. The van der Waals surface area contributed by atoms with Crippen LogP contribution in [0.5, 0.6) is 0 Å². The van der Waals surface area contributed by atoms with E-state index in [1.165, 1.54) is 0 Å². The Balaban J connectivity index is 1.59. The maximum Gasteiger partial charge on any atom is 0.407 e. The van der Waals surface area contributed by atoms with E-state index in [2.05, 4.69) is 22.8 Å². The minimum atomic E-state index is -1.11. The Labute approximate surface area is 200 Å². The van der Waals surface area contributed by atoms with Crippen LogP contribution in [0.3, 0.4) is 0 Å². The average molecular weight is 468 g/mol. The second kappa shape index (κ2) is 10.7. The summed E-state index contributed by atoms with van der Waals surface area (Å²) in [4.78, 5) is 38.6. The van der Waals surface area contributed by atoms with Gasteiger partial charge in [-0.25, -0.2) is 9.59 Å². The van der Waals surface area contributed by atoms with Gasteiger partial charge in [0.1, 0.15) is 12.6 Å². The van der Waals surface area contributed by atoms with Crippen molar-refractivity contribution >= 4 is 18.0 Å². The first-order valence-corrected chi connectivity index (χ1v) is 11.4. The van der Waals surface area contributed by atoms with Crippen LogP contribution < -0.4 is 10.6 Å². The van der Waals surface area contributed by atoms with Crippen molar-refractivity contribution in [3.63, 3.8) is 0 Å². The highest BCUT2D eigenvalue weighted by atomic mass is 16.5. The first kappa shape index (κ1) is 25.2. The summed E-state index contributed by atoms with van der Waals surface area (Å²) >= 11 is 0. The van der Waals surface area contributed by atoms with E-state index in [4.69, 9.17) is 4.74 Å². The zero-order chi connectivity index (χ0) is 24.9. The number of carboxylic acids is 1. The van der Waals surface area contributed by atoms with E-state index in [0.29, 0.717) is 6.42 Å². The molecule has 8 nitrogen and oxygen atoms in total. The number of ether oxygens (including phenoxy) is 1. The van der Waals surface area contributed by atoms with Crippen molar-refractivity contribution in [3.05, 3.63) is 59.7 Å². The summed E-state index contributed by atoms with van der Waals surface area (Å²) in [6.07, 6.45) is -0.200. The number of rotatable bonds is 10. The lowest BCUT2D eigenvalue weighted by atomic mass is 9.86. The molecule has 1 unspecified atom stereocenters. The minimum absolute atomic E-state index is 0.0281. The van der Waals surface area contributed by atoms with Crippen molar-refractivity contribution in [1.82, 2.24) is 15.5 Å². The Bertz CT molecular complexity index is 1010. The molecule has 3 rings (SSSR count). The van der Waals surface area contributed by atoms with E-state index in [9.17, 15) is 19.5 Å². The standard InChI is InChI=1S/C26H33N3O5/c1-5-26(2,24(32)28-22(23(30)31)14-29(3)4)16-27-25(33)34-15-21-19-12-8-6-10-17(19)18-11-7-9-13-20(18)21/h6-13,21-22H,5,14-16H2,1-4H3,(H,27,33)(H,28,32)(H,30,31)/t22-,26?/m0/s1. The van der Waals surface area contributed by atoms with Gasteiger partial charge in [-0.1, -0.05) is 55.5 Å². The lowest BCUT2D eigenvalue weighted by molar-refractivity contribution is -0.144. The number of hydrogen-bond donors (Lipinski definition) is 3. The maximum atomic E-state index is 12.9. The molecule has 0 saturated heterocycles. The Morgan fingerprint density at radius 2 is 1.62 bits per heavy atom. The molecule has 0 fully saturated rings. The van der Waals surface area contributed by atoms with E-state index in [0.717, 1.165) is 22.3 Å². The highest BCUT2D eigenvalue weighted by molar-refractivity contribution is 5.88. The average Bonchev–Trinajstić information content (AvgIpc) is 3.14. The fraction of sp³-hybridized carbons (Fsp3) is 0.423. The summed E-state index contributed by atoms with van der Waals surface area (Å²) in [5, 5.41) is 14.7. The Morgan fingerprint density at radius 3 is 2.12 bits per heavy atom. The number of aliphatic carboxylic acids is 1. The molecule has 2 aromatic carbocycles. The summed E-state index contributed by atoms with van der Waals surface area (Å²) < 4.78 is 5.55. The van der Waals surface area contributed by atoms with Crippen molar-refractivity contribution in [1.29, 1.82) is 0 Å². The van der Waals surface area contributed by atoms with Crippen LogP contribution in [0.15, 0.2) is 48.5 Å². The third-order valence-electron chi connectivity index (χ3n) is 6.45. The first-order chi connectivity index (χ1) is 16.2. The number of fused-ring (bicyclic) bond motifs is 3. The van der Waals surface area contributed by atoms with Crippen LogP contribution in [-0.4, -0.2) is 67.8 Å². The van der Waals surface area contributed by atoms with Gasteiger partial charge >= 0.3 is 12.1 Å². The zero-order valence-electron chi connectivity index (χ0n) is 20.1. The monoisotopic (exact) mass is 467 g/mol. The first-order valence-electron chi connectivity index (χ1n) is 11.4. The molecule has 8 heteroatoms. The van der Waals surface area contributed by atoms with Gasteiger partial charge in [0, 0.05) is 19.0 Å². The Kier molecular flexibility index (Phi) is 7.94. The summed E-state index contributed by atoms with van der Waals surface area (Å²) in [5.41, 5.74) is 3.55. The minimum Gasteiger partial charge on any atom is -0.480 e. The number of carboxylic acid groups (broad SMARTS) is 1. The summed E-state index contributed by atoms with van der Waals surface area (Å²) in [5.74, 6) is -1.59. The molecule has 0 radical (unpaired) electrons. The van der Waals surface area contributed by atoms with Crippen LogP contribution >= 0.6 is 0 Å². The SMILES string of the molecule is CCC(C)(CNC(=O)OCC1c2ccccc2-c2ccccc21)C(=O)N[C@@H](CN(C)C)C(=O)O. The molecule has 3 N–H and O–H groups in total. The van der Waals surface area contributed by atoms with Gasteiger partial charge in [0.05, 0.1) is 5.41 Å². The van der Waals surface area contributed by atoms with E-state index in [1.54, 1.807) is 25.9 Å². The highest BCUT2D eigenvalue weighted by Crippen LogP contribution is 2.44. The van der Waals surface area contributed by atoms with Crippen LogP contribution in [0, 0.1) is 5.41 Å². The molecule has 0 bridgehead atoms. The third-order valence-corrected chi connectivity index (χ3v) is 6.45. The molecule has 1 aliphatic rings. The van der Waals surface area contributed by atoms with Crippen molar-refractivity contribution in [3.8, 4) is 11.1 Å². The molecule has 0 heterocycles. The summed E-state index contributed by atoms with van der Waals surface area (Å²) in [6.45, 7) is 3.89. The predicted octanol–water partition coefficient (Wildman–Crippen LogP) is 3.07. The van der Waals surface area contributed by atoms with Crippen LogP contribution in [0.2, 0.25) is 0 Å². The maximum absolute atomic E-state index is 12.9. The Morgan fingerprint density at radius 1 is 1.06 bits per heavy atom. The van der Waals surface area contributed by atoms with Crippen LogP contribution in [0.25, 0.3) is 11.1 Å². The van der Waals surface area contributed by atoms with Crippen molar-refractivity contribution in [2.24, 2.45) is 5.41 Å². The number of alkyl carbamates (subject to hydrolysis) is 1. The number of carbonyl (C=O) groups is 3. The number of likely N-dealkylation sites (N-methyl/N-ethyl adjacent to an activating group) is 1. The van der Waals surface area contributed by atoms with Gasteiger partial charge in [-0.3, -0.25) is 4.79 Å². The van der Waals surface area contributed by atoms with E-state index < -0.39 is 29.4 Å². The van der Waals surface area contributed by atoms with Gasteiger partial charge < -0.3 is 25.4 Å².